The van der Waals surface area contributed by atoms with Crippen molar-refractivity contribution in [2.75, 3.05) is 56.8 Å². The van der Waals surface area contributed by atoms with Crippen molar-refractivity contribution in [1.29, 1.82) is 0 Å². The second-order valence-electron chi connectivity index (χ2n) is 13.3. The number of amides is 4. The molecule has 1 saturated carbocycles. The van der Waals surface area contributed by atoms with Crippen LogP contribution in [0.25, 0.3) is 5.65 Å². The number of hydrogen-bond donors (Lipinski definition) is 4. The molecule has 1 saturated heterocycles. The van der Waals surface area contributed by atoms with E-state index in [0.717, 1.165) is 54.2 Å². The quantitative estimate of drug-likeness (QED) is 0.106. The maximum atomic E-state index is 13.2. The standard InChI is InChI=1S/C37H48N8O7/c1-3-5-25-23-32(45-31(41-25)12-14-39-45)42-26-9-10-27(22-26)43-33(46)13-16-50-18-20-52-21-19-51-17-15-38-29-7-4-6-28-34(29)37(49)44(36(28)48)30-11-8-24(2)40-35(30)47/h4,6-7,12,14,23,26-27,30,38,42H,2-3,5,8-11,13,15-22H2,1H3,(H,40,47)(H,43,46)/t26-,27-,30?/m1/s1. The molecule has 4 heterocycles. The first kappa shape index (κ1) is 36.9. The van der Waals surface area contributed by atoms with Crippen LogP contribution >= 0.6 is 0 Å². The molecule has 3 atom stereocenters. The molecule has 0 bridgehead atoms. The predicted molar refractivity (Wildman–Crippen MR) is 193 cm³/mol. The van der Waals surface area contributed by atoms with Crippen LogP contribution < -0.4 is 21.3 Å². The molecule has 0 spiro atoms. The van der Waals surface area contributed by atoms with Gasteiger partial charge in [-0.05, 0) is 50.7 Å². The maximum absolute atomic E-state index is 13.2. The van der Waals surface area contributed by atoms with Crippen molar-refractivity contribution in [3.05, 3.63) is 65.6 Å². The Morgan fingerprint density at radius 3 is 2.54 bits per heavy atom. The summed E-state index contributed by atoms with van der Waals surface area (Å²) < 4.78 is 18.6. The minimum atomic E-state index is -0.855. The van der Waals surface area contributed by atoms with E-state index in [9.17, 15) is 19.2 Å². The van der Waals surface area contributed by atoms with Gasteiger partial charge in [-0.2, -0.15) is 9.61 Å². The lowest BCUT2D eigenvalue weighted by Crippen LogP contribution is -2.51. The fraction of sp³-hybridized carbons (Fsp3) is 0.514. The number of anilines is 2. The number of aromatic nitrogens is 3. The van der Waals surface area contributed by atoms with Gasteiger partial charge < -0.3 is 35.5 Å². The highest BCUT2D eigenvalue weighted by molar-refractivity contribution is 6.25. The van der Waals surface area contributed by atoms with Crippen LogP contribution in [-0.4, -0.2) is 107 Å². The number of carbonyl (C=O) groups excluding carboxylic acids is 4. The fourth-order valence-electron chi connectivity index (χ4n) is 6.91. The molecule has 2 aromatic heterocycles. The van der Waals surface area contributed by atoms with Crippen molar-refractivity contribution >= 4 is 40.8 Å². The van der Waals surface area contributed by atoms with E-state index in [1.54, 1.807) is 24.4 Å². The van der Waals surface area contributed by atoms with E-state index >= 15 is 0 Å². The lowest BCUT2D eigenvalue weighted by atomic mass is 10.0. The van der Waals surface area contributed by atoms with Gasteiger partial charge in [0.05, 0.1) is 57.0 Å². The largest absolute Gasteiger partial charge is 0.382 e. The second kappa shape index (κ2) is 17.6. The van der Waals surface area contributed by atoms with Gasteiger partial charge in [0.2, 0.25) is 11.8 Å². The molecule has 278 valence electrons. The summed E-state index contributed by atoms with van der Waals surface area (Å²) in [5.74, 6) is -0.431. The molecule has 0 radical (unpaired) electrons. The van der Waals surface area contributed by atoms with Crippen LogP contribution in [0.3, 0.4) is 0 Å². The van der Waals surface area contributed by atoms with Crippen molar-refractivity contribution in [2.24, 2.45) is 0 Å². The van der Waals surface area contributed by atoms with E-state index in [4.69, 9.17) is 14.2 Å². The third-order valence-corrected chi connectivity index (χ3v) is 9.43. The van der Waals surface area contributed by atoms with Crippen LogP contribution in [-0.2, 0) is 30.2 Å². The number of imide groups is 1. The zero-order valence-corrected chi connectivity index (χ0v) is 29.7. The summed E-state index contributed by atoms with van der Waals surface area (Å²) in [6.07, 6.45) is 7.57. The first-order valence-corrected chi connectivity index (χ1v) is 18.2. The van der Waals surface area contributed by atoms with E-state index < -0.39 is 23.8 Å². The summed E-state index contributed by atoms with van der Waals surface area (Å²) in [6.45, 7) is 8.49. The Hall–Kier alpha value is -4.86. The van der Waals surface area contributed by atoms with Crippen molar-refractivity contribution in [3.8, 4) is 0 Å². The Labute approximate surface area is 302 Å². The number of rotatable bonds is 19. The number of fused-ring (bicyclic) bond motifs is 2. The summed E-state index contributed by atoms with van der Waals surface area (Å²) in [5.41, 5.74) is 3.53. The zero-order chi connectivity index (χ0) is 36.5. The first-order valence-electron chi connectivity index (χ1n) is 18.2. The van der Waals surface area contributed by atoms with Gasteiger partial charge in [-0.15, -0.1) is 0 Å². The van der Waals surface area contributed by atoms with Crippen molar-refractivity contribution < 1.29 is 33.4 Å². The Kier molecular flexibility index (Phi) is 12.5. The maximum Gasteiger partial charge on any atom is 0.264 e. The first-order chi connectivity index (χ1) is 25.3. The normalized spacial score (nSPS) is 20.0. The zero-order valence-electron chi connectivity index (χ0n) is 29.7. The average molecular weight is 717 g/mol. The molecular weight excluding hydrogens is 668 g/mol. The fourth-order valence-corrected chi connectivity index (χ4v) is 6.91. The molecule has 3 aromatic rings. The Balaban J connectivity index is 0.794. The molecule has 52 heavy (non-hydrogen) atoms. The van der Waals surface area contributed by atoms with Gasteiger partial charge in [-0.25, -0.2) is 4.98 Å². The highest BCUT2D eigenvalue weighted by Crippen LogP contribution is 2.33. The van der Waals surface area contributed by atoms with Crippen LogP contribution in [0.4, 0.5) is 11.5 Å². The van der Waals surface area contributed by atoms with Gasteiger partial charge in [0.15, 0.2) is 5.65 Å². The van der Waals surface area contributed by atoms with Gasteiger partial charge in [-0.1, -0.05) is 26.0 Å². The Morgan fingerprint density at radius 2 is 1.75 bits per heavy atom. The summed E-state index contributed by atoms with van der Waals surface area (Å²) in [4.78, 5) is 57.0. The third-order valence-electron chi connectivity index (χ3n) is 9.43. The number of allylic oxidation sites excluding steroid dienone is 1. The molecule has 2 aliphatic heterocycles. The molecule has 1 aromatic carbocycles. The van der Waals surface area contributed by atoms with Gasteiger partial charge in [0.1, 0.15) is 11.9 Å². The van der Waals surface area contributed by atoms with Crippen molar-refractivity contribution in [1.82, 2.24) is 30.1 Å². The van der Waals surface area contributed by atoms with Crippen LogP contribution in [0.2, 0.25) is 0 Å². The SMILES string of the molecule is C=C1CCC(N2C(=O)c3cccc(NCCOCCOCCOCCC(=O)N[C@@H]4CC[C@@H](Nc5cc(CCC)nc6ccnn56)C4)c3C2=O)C(=O)N1. The van der Waals surface area contributed by atoms with Gasteiger partial charge in [0, 0.05) is 54.3 Å². The molecule has 6 rings (SSSR count). The number of nitrogens with zero attached hydrogens (tertiary/aromatic N) is 4. The summed E-state index contributed by atoms with van der Waals surface area (Å²) in [7, 11) is 0. The number of benzene rings is 1. The van der Waals surface area contributed by atoms with Gasteiger partial charge >= 0.3 is 0 Å². The number of nitrogens with one attached hydrogen (secondary N) is 4. The van der Waals surface area contributed by atoms with Crippen molar-refractivity contribution in [2.45, 2.75) is 76.4 Å². The minimum Gasteiger partial charge on any atom is -0.382 e. The van der Waals surface area contributed by atoms with E-state index in [0.29, 0.717) is 70.4 Å². The molecule has 15 nitrogen and oxygen atoms in total. The number of piperidine rings is 1. The van der Waals surface area contributed by atoms with Gasteiger partial charge in [-0.3, -0.25) is 24.1 Å². The average Bonchev–Trinajstić information content (AvgIpc) is 3.84. The molecule has 4 amide bonds. The highest BCUT2D eigenvalue weighted by Gasteiger charge is 2.45. The van der Waals surface area contributed by atoms with Crippen LogP contribution in [0.1, 0.15) is 78.3 Å². The predicted octanol–water partition coefficient (Wildman–Crippen LogP) is 3.07. The van der Waals surface area contributed by atoms with Gasteiger partial charge in [0.25, 0.3) is 11.8 Å². The number of ether oxygens (including phenoxy) is 3. The monoisotopic (exact) mass is 716 g/mol. The van der Waals surface area contributed by atoms with Crippen LogP contribution in [0.5, 0.6) is 0 Å². The highest BCUT2D eigenvalue weighted by atomic mass is 16.5. The van der Waals surface area contributed by atoms with E-state index in [1.165, 1.54) is 0 Å². The summed E-state index contributed by atoms with van der Waals surface area (Å²) >= 11 is 0. The topological polar surface area (TPSA) is 178 Å². The second-order valence-corrected chi connectivity index (χ2v) is 13.3. The third kappa shape index (κ3) is 8.95. The molecular formula is C37H48N8O7. The van der Waals surface area contributed by atoms with Crippen molar-refractivity contribution in [3.63, 3.8) is 0 Å². The summed E-state index contributed by atoms with van der Waals surface area (Å²) in [5, 5.41) is 17.0. The molecule has 2 fully saturated rings. The minimum absolute atomic E-state index is 0.0193. The summed E-state index contributed by atoms with van der Waals surface area (Å²) in [6, 6.07) is 8.54. The number of aryl methyl sites for hydroxylation is 1. The Morgan fingerprint density at radius 1 is 0.981 bits per heavy atom. The van der Waals surface area contributed by atoms with Crippen LogP contribution in [0.15, 0.2) is 48.8 Å². The lowest BCUT2D eigenvalue weighted by Gasteiger charge is -2.29. The smallest absolute Gasteiger partial charge is 0.264 e. The van der Waals surface area contributed by atoms with E-state index in [1.807, 2.05) is 10.6 Å². The molecule has 15 heteroatoms. The molecule has 1 unspecified atom stereocenters. The lowest BCUT2D eigenvalue weighted by molar-refractivity contribution is -0.125. The number of carbonyl (C=O) groups is 4. The number of hydrogen-bond acceptors (Lipinski definition) is 11. The molecule has 3 aliphatic rings. The van der Waals surface area contributed by atoms with Crippen LogP contribution in [0, 0.1) is 0 Å². The molecule has 4 N–H and O–H groups in total. The van der Waals surface area contributed by atoms with E-state index in [2.05, 4.69) is 50.9 Å². The Bertz CT molecular complexity index is 1780. The molecule has 1 aliphatic carbocycles. The van der Waals surface area contributed by atoms with E-state index in [-0.39, 0.29) is 35.5 Å².